The summed E-state index contributed by atoms with van der Waals surface area (Å²) in [6.07, 6.45) is 0.663. The Kier molecular flexibility index (Phi) is 7.15. The average molecular weight is 579 g/mol. The standard InChI is InChI=1S/C31H46O10/c1-8-10-11-12-19(33)39-24-17(5)29(37)18-13-16(4)22(34)30(18,38)26-28(14-32,41-26)23(35)20(29)21-27(6,7)31(21,24)40-25(36)15(3)9-2/h13,15,17-18,20-21,23-24,26,32,35,37-38H,8-12,14H2,1-7H3. The van der Waals surface area contributed by atoms with Crippen LogP contribution in [-0.2, 0) is 28.6 Å². The summed E-state index contributed by atoms with van der Waals surface area (Å²) < 4.78 is 18.3. The van der Waals surface area contributed by atoms with Crippen molar-refractivity contribution in [3.63, 3.8) is 0 Å². The average Bonchev–Trinajstić information content (AvgIpc) is 3.77. The number of epoxide rings is 1. The van der Waals surface area contributed by atoms with E-state index in [4.69, 9.17) is 14.2 Å². The van der Waals surface area contributed by atoms with Gasteiger partial charge in [-0.2, -0.15) is 0 Å². The summed E-state index contributed by atoms with van der Waals surface area (Å²) in [7, 11) is 0. The minimum Gasteiger partial charge on any atom is -0.458 e. The third kappa shape index (κ3) is 3.63. The molecule has 0 aromatic rings. The van der Waals surface area contributed by atoms with Gasteiger partial charge in [-0.1, -0.05) is 60.5 Å². The lowest BCUT2D eigenvalue weighted by Crippen LogP contribution is -2.69. The molecule has 0 aromatic carbocycles. The molecule has 0 spiro atoms. The summed E-state index contributed by atoms with van der Waals surface area (Å²) in [5, 5.41) is 47.3. The molecule has 12 atom stereocenters. The van der Waals surface area contributed by atoms with Gasteiger partial charge in [-0.25, -0.2) is 0 Å². The molecule has 4 fully saturated rings. The number of aliphatic hydroxyl groups excluding tert-OH is 2. The smallest absolute Gasteiger partial charge is 0.309 e. The molecule has 230 valence electrons. The molecule has 1 aliphatic heterocycles. The number of carbonyl (C=O) groups excluding carboxylic acids is 3. The third-order valence-electron chi connectivity index (χ3n) is 11.5. The molecular weight excluding hydrogens is 532 g/mol. The fourth-order valence-electron chi connectivity index (χ4n) is 8.83. The summed E-state index contributed by atoms with van der Waals surface area (Å²) >= 11 is 0. The van der Waals surface area contributed by atoms with E-state index in [-0.39, 0.29) is 12.0 Å². The van der Waals surface area contributed by atoms with E-state index in [1.807, 2.05) is 27.7 Å². The SMILES string of the molecule is CCCCCC(=O)OC1C(C)C2(O)C(C(O)C3(CO)OC3C3(O)C(=O)C(C)=CC32)C2C(C)(C)C12OC(=O)C(C)CC. The Labute approximate surface area is 241 Å². The van der Waals surface area contributed by atoms with Crippen LogP contribution in [0.2, 0.25) is 0 Å². The van der Waals surface area contributed by atoms with Gasteiger partial charge in [0.25, 0.3) is 0 Å². The minimum absolute atomic E-state index is 0.149. The van der Waals surface area contributed by atoms with Crippen molar-refractivity contribution in [1.82, 2.24) is 0 Å². The van der Waals surface area contributed by atoms with E-state index in [9.17, 15) is 34.8 Å². The number of Topliss-reactive ketones (excluding diaryl/α,β-unsaturated/α-hetero) is 1. The topological polar surface area (TPSA) is 163 Å². The largest absolute Gasteiger partial charge is 0.458 e. The van der Waals surface area contributed by atoms with E-state index in [0.29, 0.717) is 12.8 Å². The van der Waals surface area contributed by atoms with E-state index in [1.54, 1.807) is 20.8 Å². The molecule has 3 saturated carbocycles. The highest BCUT2D eigenvalue weighted by Gasteiger charge is 2.92. The number of hydrogen-bond acceptors (Lipinski definition) is 10. The molecule has 0 aromatic heterocycles. The second-order valence-electron chi connectivity index (χ2n) is 13.8. The van der Waals surface area contributed by atoms with Crippen LogP contribution < -0.4 is 0 Å². The van der Waals surface area contributed by atoms with Crippen LogP contribution in [0.4, 0.5) is 0 Å². The highest BCUT2D eigenvalue weighted by molar-refractivity contribution is 6.05. The Morgan fingerprint density at radius 3 is 2.41 bits per heavy atom. The number of unbranched alkanes of at least 4 members (excludes halogenated alkanes) is 2. The Morgan fingerprint density at radius 1 is 1.17 bits per heavy atom. The molecule has 4 N–H and O–H groups in total. The lowest BCUT2D eigenvalue weighted by Gasteiger charge is -2.54. The first-order valence-electron chi connectivity index (χ1n) is 15.2. The molecule has 10 heteroatoms. The first-order valence-corrected chi connectivity index (χ1v) is 15.2. The van der Waals surface area contributed by atoms with Crippen molar-refractivity contribution in [2.24, 2.45) is 35.0 Å². The third-order valence-corrected chi connectivity index (χ3v) is 11.5. The first-order chi connectivity index (χ1) is 19.1. The molecule has 5 aliphatic rings. The number of rotatable bonds is 9. The number of hydrogen-bond donors (Lipinski definition) is 4. The highest BCUT2D eigenvalue weighted by atomic mass is 16.7. The van der Waals surface area contributed by atoms with Gasteiger partial charge in [0.15, 0.2) is 17.0 Å². The van der Waals surface area contributed by atoms with Gasteiger partial charge in [-0.15, -0.1) is 0 Å². The zero-order valence-corrected chi connectivity index (χ0v) is 25.2. The second kappa shape index (κ2) is 9.58. The quantitative estimate of drug-likeness (QED) is 0.180. The summed E-state index contributed by atoms with van der Waals surface area (Å²) in [4.78, 5) is 40.0. The maximum atomic E-state index is 13.5. The van der Waals surface area contributed by atoms with Gasteiger partial charge in [0.2, 0.25) is 0 Å². The van der Waals surface area contributed by atoms with Crippen LogP contribution in [0, 0.1) is 35.0 Å². The summed E-state index contributed by atoms with van der Waals surface area (Å²) in [5.74, 6) is -6.10. The molecule has 12 unspecified atom stereocenters. The van der Waals surface area contributed by atoms with Crippen LogP contribution >= 0.6 is 0 Å². The lowest BCUT2D eigenvalue weighted by molar-refractivity contribution is -0.251. The van der Waals surface area contributed by atoms with E-state index in [1.165, 1.54) is 6.08 Å². The van der Waals surface area contributed by atoms with Crippen molar-refractivity contribution >= 4 is 17.7 Å². The molecule has 5 rings (SSSR count). The van der Waals surface area contributed by atoms with Crippen molar-refractivity contribution in [2.45, 2.75) is 121 Å². The van der Waals surface area contributed by atoms with Gasteiger partial charge in [0, 0.05) is 35.5 Å². The molecule has 1 saturated heterocycles. The maximum absolute atomic E-state index is 13.5. The summed E-state index contributed by atoms with van der Waals surface area (Å²) in [6, 6.07) is 0. The zero-order chi connectivity index (χ0) is 30.5. The van der Waals surface area contributed by atoms with Crippen LogP contribution in [0.25, 0.3) is 0 Å². The van der Waals surface area contributed by atoms with Crippen LogP contribution in [-0.4, -0.2) is 85.5 Å². The summed E-state index contributed by atoms with van der Waals surface area (Å²) in [6.45, 7) is 11.8. The van der Waals surface area contributed by atoms with Crippen molar-refractivity contribution in [3.8, 4) is 0 Å². The van der Waals surface area contributed by atoms with E-state index in [2.05, 4.69) is 0 Å². The Balaban J connectivity index is 1.68. The number of aliphatic hydroxyl groups is 4. The normalized spacial score (nSPS) is 47.5. The van der Waals surface area contributed by atoms with Gasteiger partial charge in [-0.3, -0.25) is 14.4 Å². The Bertz CT molecular complexity index is 1160. The molecule has 1 heterocycles. The molecule has 0 amide bonds. The first kappa shape index (κ1) is 30.6. The zero-order valence-electron chi connectivity index (χ0n) is 25.2. The van der Waals surface area contributed by atoms with Gasteiger partial charge < -0.3 is 34.6 Å². The second-order valence-corrected chi connectivity index (χ2v) is 13.8. The molecule has 10 nitrogen and oxygen atoms in total. The van der Waals surface area contributed by atoms with Gasteiger partial charge in [0.05, 0.1) is 24.2 Å². The molecule has 4 aliphatic carbocycles. The monoisotopic (exact) mass is 578 g/mol. The van der Waals surface area contributed by atoms with Crippen molar-refractivity contribution in [3.05, 3.63) is 11.6 Å². The predicted molar refractivity (Wildman–Crippen MR) is 145 cm³/mol. The van der Waals surface area contributed by atoms with Crippen LogP contribution in [0.1, 0.15) is 80.6 Å². The Hall–Kier alpha value is -1.85. The fourth-order valence-corrected chi connectivity index (χ4v) is 8.83. The number of ether oxygens (including phenoxy) is 3. The van der Waals surface area contributed by atoms with E-state index >= 15 is 0 Å². The molecule has 0 bridgehead atoms. The van der Waals surface area contributed by atoms with Crippen LogP contribution in [0.15, 0.2) is 11.6 Å². The number of esters is 2. The summed E-state index contributed by atoms with van der Waals surface area (Å²) in [5.41, 5.74) is -7.97. The maximum Gasteiger partial charge on any atom is 0.309 e. The van der Waals surface area contributed by atoms with Gasteiger partial charge >= 0.3 is 11.9 Å². The van der Waals surface area contributed by atoms with Crippen LogP contribution in [0.5, 0.6) is 0 Å². The Morgan fingerprint density at radius 2 is 1.83 bits per heavy atom. The predicted octanol–water partition coefficient (Wildman–Crippen LogP) is 1.84. The van der Waals surface area contributed by atoms with Crippen molar-refractivity contribution in [1.29, 1.82) is 0 Å². The number of carbonyl (C=O) groups is 3. The number of ketones is 1. The lowest BCUT2D eigenvalue weighted by atomic mass is 9.58. The molecule has 41 heavy (non-hydrogen) atoms. The van der Waals surface area contributed by atoms with E-state index in [0.717, 1.165) is 12.8 Å². The molecular formula is C31H46O10. The van der Waals surface area contributed by atoms with Gasteiger partial charge in [-0.05, 0) is 25.3 Å². The van der Waals surface area contributed by atoms with Crippen molar-refractivity contribution < 1.29 is 49.0 Å². The fraction of sp³-hybridized carbons (Fsp3) is 0.839. The minimum atomic E-state index is -2.24. The van der Waals surface area contributed by atoms with E-state index < -0.39 is 100 Å². The van der Waals surface area contributed by atoms with Crippen molar-refractivity contribution in [2.75, 3.05) is 6.61 Å². The molecule has 0 radical (unpaired) electrons. The number of fused-ring (bicyclic) bond motifs is 7. The van der Waals surface area contributed by atoms with Crippen LogP contribution in [0.3, 0.4) is 0 Å². The van der Waals surface area contributed by atoms with Gasteiger partial charge in [0.1, 0.15) is 17.8 Å². The highest BCUT2D eigenvalue weighted by Crippen LogP contribution is 2.79.